The summed E-state index contributed by atoms with van der Waals surface area (Å²) in [7, 11) is 0. The summed E-state index contributed by atoms with van der Waals surface area (Å²) in [6, 6.07) is -1.16. The van der Waals surface area contributed by atoms with Gasteiger partial charge in [-0.2, -0.15) is 0 Å². The normalized spacial score (nSPS) is 11.3. The Morgan fingerprint density at radius 1 is 1.50 bits per heavy atom. The molecule has 0 aliphatic carbocycles. The number of hydrogen-bond acceptors (Lipinski definition) is 3. The fourth-order valence-electron chi connectivity index (χ4n) is 0.304. The van der Waals surface area contributed by atoms with E-state index in [4.69, 9.17) is 10.8 Å². The van der Waals surface area contributed by atoms with Crippen molar-refractivity contribution in [1.82, 2.24) is 0 Å². The van der Waals surface area contributed by atoms with Crippen LogP contribution >= 0.6 is 0 Å². The minimum absolute atomic E-state index is 0. The topological polar surface area (TPSA) is 106 Å². The second kappa shape index (κ2) is 6.26. The van der Waals surface area contributed by atoms with Gasteiger partial charge in [0.2, 0.25) is 5.91 Å². The van der Waals surface area contributed by atoms with Crippen molar-refractivity contribution in [1.29, 1.82) is 0 Å². The van der Waals surface area contributed by atoms with Crippen LogP contribution in [0.3, 0.4) is 0 Å². The molecule has 5 nitrogen and oxygen atoms in total. The van der Waals surface area contributed by atoms with Crippen LogP contribution in [0.4, 0.5) is 0 Å². The van der Waals surface area contributed by atoms with Gasteiger partial charge in [0.1, 0.15) is 6.04 Å². The van der Waals surface area contributed by atoms with E-state index in [0.717, 1.165) is 0 Å². The number of carbonyl (C=O) groups excluding carboxylic acids is 1. The van der Waals surface area contributed by atoms with Gasteiger partial charge in [-0.15, -0.1) is 0 Å². The number of carboxylic acids is 1. The van der Waals surface area contributed by atoms with E-state index in [1.165, 1.54) is 0 Å². The van der Waals surface area contributed by atoms with Crippen LogP contribution in [0.15, 0.2) is 0 Å². The van der Waals surface area contributed by atoms with E-state index in [1.54, 1.807) is 0 Å². The summed E-state index contributed by atoms with van der Waals surface area (Å²) in [4.78, 5) is 19.9. The number of aliphatic carboxylic acids is 1. The third-order valence-corrected chi connectivity index (χ3v) is 0.738. The summed E-state index contributed by atoms with van der Waals surface area (Å²) in [5.41, 5.74) is 9.57. The molecule has 0 aliphatic heterocycles. The maximum Gasteiger partial charge on any atom is 0.321 e. The van der Waals surface area contributed by atoms with Gasteiger partial charge in [-0.1, -0.05) is 0 Å². The van der Waals surface area contributed by atoms with E-state index in [9.17, 15) is 9.59 Å². The van der Waals surface area contributed by atoms with Crippen LogP contribution in [0.5, 0.6) is 0 Å². The minimum Gasteiger partial charge on any atom is -0.480 e. The number of primary amides is 1. The molecule has 5 N–H and O–H groups in total. The maximum atomic E-state index is 9.99. The van der Waals surface area contributed by atoms with E-state index in [-0.39, 0.29) is 57.8 Å². The van der Waals surface area contributed by atoms with Gasteiger partial charge in [-0.3, -0.25) is 9.59 Å². The molecule has 1 radical (unpaired) electrons. The Labute approximate surface area is 101 Å². The first-order chi connectivity index (χ1) is 4.04. The molecule has 0 unspecified atom stereocenters. The van der Waals surface area contributed by atoms with Crippen LogP contribution in [0.25, 0.3) is 0 Å². The number of nitrogens with two attached hydrogens (primary N) is 2. The van der Waals surface area contributed by atoms with Gasteiger partial charge in [0.15, 0.2) is 0 Å². The van der Waals surface area contributed by atoms with Crippen molar-refractivity contribution in [2.24, 2.45) is 11.5 Å². The fraction of sp³-hybridized carbons (Fsp3) is 0.500. The number of amides is 1. The van der Waals surface area contributed by atoms with Crippen LogP contribution in [0, 0.1) is 0 Å². The molecule has 0 aromatic rings. The molecule has 1 amide bonds. The van der Waals surface area contributed by atoms with Crippen LogP contribution in [0.1, 0.15) is 6.42 Å². The molecule has 0 aromatic heterocycles. The molecule has 0 aliphatic rings. The SMILES string of the molecule is NC(=O)C[C@H](N)C(=O)O.[K]. The second-order valence-corrected chi connectivity index (χ2v) is 1.62. The number of carbonyl (C=O) groups is 2. The fourth-order valence-corrected chi connectivity index (χ4v) is 0.304. The van der Waals surface area contributed by atoms with E-state index >= 15 is 0 Å². The summed E-state index contributed by atoms with van der Waals surface area (Å²) in [6.07, 6.45) is -0.310. The molecule has 0 bridgehead atoms. The Kier molecular flexibility index (Phi) is 8.23. The van der Waals surface area contributed by atoms with Crippen molar-refractivity contribution in [3.63, 3.8) is 0 Å². The molecule has 0 saturated carbocycles. The van der Waals surface area contributed by atoms with Crippen molar-refractivity contribution < 1.29 is 14.7 Å². The number of hydrogen-bond donors (Lipinski definition) is 3. The molecule has 1 atom stereocenters. The molecule has 0 heterocycles. The molecular formula is C4H8KN2O3. The van der Waals surface area contributed by atoms with Crippen molar-refractivity contribution >= 4 is 63.3 Å². The Balaban J connectivity index is 0. The maximum absolute atomic E-state index is 9.99. The quantitative estimate of drug-likeness (QED) is 0.422. The summed E-state index contributed by atoms with van der Waals surface area (Å²) in [5, 5.41) is 8.10. The molecule has 0 spiro atoms. The molecule has 53 valence electrons. The van der Waals surface area contributed by atoms with Crippen LogP contribution in [-0.2, 0) is 9.59 Å². The van der Waals surface area contributed by atoms with Gasteiger partial charge < -0.3 is 16.6 Å². The summed E-state index contributed by atoms with van der Waals surface area (Å²) < 4.78 is 0. The first-order valence-corrected chi connectivity index (χ1v) is 2.30. The monoisotopic (exact) mass is 171 g/mol. The smallest absolute Gasteiger partial charge is 0.321 e. The van der Waals surface area contributed by atoms with Gasteiger partial charge in [0, 0.05) is 51.4 Å². The zero-order chi connectivity index (χ0) is 7.44. The van der Waals surface area contributed by atoms with Crippen LogP contribution in [0.2, 0.25) is 0 Å². The Hall–Kier alpha value is 0.536. The van der Waals surface area contributed by atoms with Crippen molar-refractivity contribution in [3.8, 4) is 0 Å². The molecule has 0 rings (SSSR count). The number of carboxylic acid groups (broad SMARTS) is 1. The third-order valence-electron chi connectivity index (χ3n) is 0.738. The largest absolute Gasteiger partial charge is 0.480 e. The third kappa shape index (κ3) is 6.65. The standard InChI is InChI=1S/C4H8N2O3.K/c5-2(4(8)9)1-3(6)7;/h2H,1,5H2,(H2,6,7)(H,8,9);/t2-;/m0./s1. The Bertz CT molecular complexity index is 138. The molecule has 6 heteroatoms. The van der Waals surface area contributed by atoms with Gasteiger partial charge in [-0.25, -0.2) is 0 Å². The first kappa shape index (κ1) is 13.1. The molecule has 0 saturated heterocycles. The van der Waals surface area contributed by atoms with E-state index in [0.29, 0.717) is 0 Å². The zero-order valence-electron chi connectivity index (χ0n) is 5.70. The molecule has 10 heavy (non-hydrogen) atoms. The Morgan fingerprint density at radius 3 is 2.00 bits per heavy atom. The van der Waals surface area contributed by atoms with Crippen molar-refractivity contribution in [2.75, 3.05) is 0 Å². The minimum atomic E-state index is -1.21. The molecular weight excluding hydrogens is 163 g/mol. The van der Waals surface area contributed by atoms with E-state index in [1.807, 2.05) is 0 Å². The van der Waals surface area contributed by atoms with E-state index in [2.05, 4.69) is 5.73 Å². The van der Waals surface area contributed by atoms with Crippen molar-refractivity contribution in [3.05, 3.63) is 0 Å². The van der Waals surface area contributed by atoms with E-state index < -0.39 is 17.9 Å². The van der Waals surface area contributed by atoms with Crippen LogP contribution < -0.4 is 11.5 Å². The first-order valence-electron chi connectivity index (χ1n) is 2.30. The molecule has 0 aromatic carbocycles. The van der Waals surface area contributed by atoms with Gasteiger partial charge >= 0.3 is 5.97 Å². The summed E-state index contributed by atoms with van der Waals surface area (Å²) in [6.45, 7) is 0. The Morgan fingerprint density at radius 2 is 1.90 bits per heavy atom. The second-order valence-electron chi connectivity index (χ2n) is 1.62. The van der Waals surface area contributed by atoms with Gasteiger partial charge in [0.25, 0.3) is 0 Å². The predicted molar refractivity (Wildman–Crippen MR) is 35.2 cm³/mol. The summed E-state index contributed by atoms with van der Waals surface area (Å²) >= 11 is 0. The van der Waals surface area contributed by atoms with Gasteiger partial charge in [0.05, 0.1) is 6.42 Å². The van der Waals surface area contributed by atoms with Crippen LogP contribution in [-0.4, -0.2) is 74.4 Å². The molecule has 0 fully saturated rings. The summed E-state index contributed by atoms with van der Waals surface area (Å²) in [5.74, 6) is -1.92. The van der Waals surface area contributed by atoms with Gasteiger partial charge in [-0.05, 0) is 0 Å². The number of rotatable bonds is 3. The average molecular weight is 171 g/mol. The zero-order valence-corrected chi connectivity index (χ0v) is 8.83. The predicted octanol–water partition coefficient (Wildman–Crippen LogP) is -2.11. The average Bonchev–Trinajstić information content (AvgIpc) is 1.63. The van der Waals surface area contributed by atoms with Crippen molar-refractivity contribution in [2.45, 2.75) is 12.5 Å².